The van der Waals surface area contributed by atoms with Gasteiger partial charge >= 0.3 is 0 Å². The summed E-state index contributed by atoms with van der Waals surface area (Å²) in [5, 5.41) is 2.68. The monoisotopic (exact) mass is 382 g/mol. The number of H-pyrrole nitrogens is 1. The van der Waals surface area contributed by atoms with E-state index in [1.54, 1.807) is 26.1 Å². The van der Waals surface area contributed by atoms with E-state index in [2.05, 4.69) is 15.3 Å². The number of aryl methyl sites for hydroxylation is 2. The van der Waals surface area contributed by atoms with Crippen LogP contribution in [0.1, 0.15) is 27.4 Å². The van der Waals surface area contributed by atoms with E-state index in [0.29, 0.717) is 29.2 Å². The Bertz CT molecular complexity index is 1130. The number of pyridine rings is 1. The molecule has 0 atom stereocenters. The van der Waals surface area contributed by atoms with E-state index in [1.807, 2.05) is 0 Å². The van der Waals surface area contributed by atoms with Gasteiger partial charge in [-0.15, -0.1) is 0 Å². The highest BCUT2D eigenvalue weighted by atomic mass is 19.1. The van der Waals surface area contributed by atoms with Gasteiger partial charge in [0.2, 0.25) is 0 Å². The number of nitrogens with zero attached hydrogens (tertiary/aromatic N) is 2. The van der Waals surface area contributed by atoms with Crippen molar-refractivity contribution in [1.29, 1.82) is 0 Å². The number of carbonyl (C=O) groups is 1. The van der Waals surface area contributed by atoms with Crippen molar-refractivity contribution in [2.75, 3.05) is 6.54 Å². The number of rotatable bonds is 5. The van der Waals surface area contributed by atoms with Crippen LogP contribution < -0.4 is 16.4 Å². The number of benzene rings is 1. The molecule has 0 unspecified atom stereocenters. The molecule has 28 heavy (non-hydrogen) atoms. The lowest BCUT2D eigenvalue weighted by Crippen LogP contribution is -2.34. The summed E-state index contributed by atoms with van der Waals surface area (Å²) in [6.07, 6.45) is 1.86. The molecule has 2 aromatic heterocycles. The minimum absolute atomic E-state index is 0.0116. The quantitative estimate of drug-likeness (QED) is 0.701. The number of amides is 1. The minimum atomic E-state index is -0.519. The fourth-order valence-corrected chi connectivity index (χ4v) is 2.85. The Kier molecular flexibility index (Phi) is 5.49. The maximum absolute atomic E-state index is 13.1. The van der Waals surface area contributed by atoms with Crippen molar-refractivity contribution in [2.45, 2.75) is 20.3 Å². The van der Waals surface area contributed by atoms with E-state index >= 15 is 0 Å². The van der Waals surface area contributed by atoms with Crippen LogP contribution in [0.3, 0.4) is 0 Å². The number of hydrogen-bond donors (Lipinski definition) is 2. The van der Waals surface area contributed by atoms with Crippen LogP contribution in [-0.4, -0.2) is 27.0 Å². The van der Waals surface area contributed by atoms with Crippen molar-refractivity contribution in [3.63, 3.8) is 0 Å². The zero-order chi connectivity index (χ0) is 20.3. The van der Waals surface area contributed by atoms with Crippen LogP contribution in [0.2, 0.25) is 0 Å². The molecule has 144 valence electrons. The molecule has 0 saturated carbocycles. The Labute approximate surface area is 159 Å². The molecule has 8 heteroatoms. The van der Waals surface area contributed by atoms with E-state index in [-0.39, 0.29) is 17.7 Å². The Hall–Kier alpha value is -3.55. The Morgan fingerprint density at radius 3 is 2.57 bits per heavy atom. The van der Waals surface area contributed by atoms with Gasteiger partial charge < -0.3 is 10.3 Å². The topological polar surface area (TPSA) is 96.9 Å². The average molecular weight is 382 g/mol. The van der Waals surface area contributed by atoms with Gasteiger partial charge in [0.25, 0.3) is 17.0 Å². The molecule has 2 heterocycles. The largest absolute Gasteiger partial charge is 0.351 e. The van der Waals surface area contributed by atoms with Crippen LogP contribution in [0.5, 0.6) is 0 Å². The van der Waals surface area contributed by atoms with Crippen LogP contribution in [0.25, 0.3) is 5.69 Å². The fourth-order valence-electron chi connectivity index (χ4n) is 2.85. The standard InChI is InChI=1S/C20H19FN4O3/c1-12-8-10-25(15-5-3-14(21)4-6-15)20(28)18(12)19(27)22-9-7-16-23-13(2)11-17(26)24-16/h3-6,8,10-11H,7,9H2,1-2H3,(H,22,27)(H,23,24,26). The summed E-state index contributed by atoms with van der Waals surface area (Å²) >= 11 is 0. The maximum atomic E-state index is 13.1. The SMILES string of the molecule is Cc1cc(=O)[nH]c(CCNC(=O)c2c(C)ccn(-c3ccc(F)cc3)c2=O)n1. The zero-order valence-electron chi connectivity index (χ0n) is 15.5. The second-order valence-electron chi connectivity index (χ2n) is 6.36. The number of halogens is 1. The van der Waals surface area contributed by atoms with Crippen molar-refractivity contribution >= 4 is 5.91 Å². The number of aromatic nitrogens is 3. The van der Waals surface area contributed by atoms with Gasteiger partial charge in [0.05, 0.1) is 0 Å². The predicted molar refractivity (Wildman–Crippen MR) is 102 cm³/mol. The summed E-state index contributed by atoms with van der Waals surface area (Å²) in [4.78, 5) is 43.6. The van der Waals surface area contributed by atoms with Gasteiger partial charge in [-0.05, 0) is 49.7 Å². The zero-order valence-corrected chi connectivity index (χ0v) is 15.5. The Morgan fingerprint density at radius 2 is 1.89 bits per heavy atom. The average Bonchev–Trinajstić information content (AvgIpc) is 2.62. The Balaban J connectivity index is 1.79. The molecule has 0 aliphatic carbocycles. The summed E-state index contributed by atoms with van der Waals surface area (Å²) in [5.41, 5.74) is 0.842. The predicted octanol–water partition coefficient (Wildman–Crippen LogP) is 1.65. The third kappa shape index (κ3) is 4.22. The first kappa shape index (κ1) is 19.2. The summed E-state index contributed by atoms with van der Waals surface area (Å²) in [5.74, 6) is -0.475. The van der Waals surface area contributed by atoms with Crippen LogP contribution in [0.15, 0.2) is 52.2 Å². The second-order valence-corrected chi connectivity index (χ2v) is 6.36. The molecule has 0 saturated heterocycles. The van der Waals surface area contributed by atoms with Gasteiger partial charge in [0.15, 0.2) is 0 Å². The fraction of sp³-hybridized carbons (Fsp3) is 0.200. The van der Waals surface area contributed by atoms with Crippen molar-refractivity contribution in [3.8, 4) is 5.69 Å². The molecule has 7 nitrogen and oxygen atoms in total. The molecule has 1 aromatic carbocycles. The highest BCUT2D eigenvalue weighted by Crippen LogP contribution is 2.09. The van der Waals surface area contributed by atoms with Gasteiger partial charge in [0, 0.05) is 36.6 Å². The molecule has 0 bridgehead atoms. The lowest BCUT2D eigenvalue weighted by atomic mass is 10.1. The molecule has 0 spiro atoms. The van der Waals surface area contributed by atoms with Crippen molar-refractivity contribution in [2.24, 2.45) is 0 Å². The van der Waals surface area contributed by atoms with Crippen LogP contribution in [-0.2, 0) is 6.42 Å². The molecule has 0 aliphatic rings. The van der Waals surface area contributed by atoms with Crippen LogP contribution >= 0.6 is 0 Å². The van der Waals surface area contributed by atoms with E-state index in [0.717, 1.165) is 0 Å². The van der Waals surface area contributed by atoms with Crippen molar-refractivity contribution in [3.05, 3.63) is 91.8 Å². The van der Waals surface area contributed by atoms with Crippen molar-refractivity contribution in [1.82, 2.24) is 19.9 Å². The van der Waals surface area contributed by atoms with Gasteiger partial charge in [-0.25, -0.2) is 9.37 Å². The summed E-state index contributed by atoms with van der Waals surface area (Å²) < 4.78 is 14.4. The van der Waals surface area contributed by atoms with E-state index < -0.39 is 17.3 Å². The second kappa shape index (κ2) is 7.99. The molecule has 3 rings (SSSR count). The van der Waals surface area contributed by atoms with Gasteiger partial charge in [-0.3, -0.25) is 19.0 Å². The highest BCUT2D eigenvalue weighted by Gasteiger charge is 2.16. The molecule has 2 N–H and O–H groups in total. The molecular formula is C20H19FN4O3. The van der Waals surface area contributed by atoms with Crippen LogP contribution in [0.4, 0.5) is 4.39 Å². The molecule has 0 radical (unpaired) electrons. The van der Waals surface area contributed by atoms with E-state index in [9.17, 15) is 18.8 Å². The number of aromatic amines is 1. The first-order chi connectivity index (χ1) is 13.3. The molecule has 1 amide bonds. The number of hydrogen-bond acceptors (Lipinski definition) is 4. The third-order valence-corrected chi connectivity index (χ3v) is 4.20. The Morgan fingerprint density at radius 1 is 1.18 bits per heavy atom. The molecule has 0 fully saturated rings. The number of nitrogens with one attached hydrogen (secondary N) is 2. The number of carbonyl (C=O) groups excluding carboxylic acids is 1. The lowest BCUT2D eigenvalue weighted by molar-refractivity contribution is 0.0951. The lowest BCUT2D eigenvalue weighted by Gasteiger charge is -2.11. The minimum Gasteiger partial charge on any atom is -0.351 e. The summed E-state index contributed by atoms with van der Waals surface area (Å²) in [7, 11) is 0. The maximum Gasteiger partial charge on any atom is 0.268 e. The molecule has 3 aromatic rings. The smallest absolute Gasteiger partial charge is 0.268 e. The van der Waals surface area contributed by atoms with Gasteiger partial charge in [-0.1, -0.05) is 0 Å². The molecule has 0 aliphatic heterocycles. The van der Waals surface area contributed by atoms with Gasteiger partial charge in [-0.2, -0.15) is 0 Å². The normalized spacial score (nSPS) is 10.7. The summed E-state index contributed by atoms with van der Waals surface area (Å²) in [6.45, 7) is 3.59. The van der Waals surface area contributed by atoms with Gasteiger partial charge in [0.1, 0.15) is 17.2 Å². The highest BCUT2D eigenvalue weighted by molar-refractivity contribution is 5.95. The van der Waals surface area contributed by atoms with E-state index in [1.165, 1.54) is 34.9 Å². The van der Waals surface area contributed by atoms with E-state index in [4.69, 9.17) is 0 Å². The first-order valence-corrected chi connectivity index (χ1v) is 8.68. The van der Waals surface area contributed by atoms with Crippen molar-refractivity contribution < 1.29 is 9.18 Å². The first-order valence-electron chi connectivity index (χ1n) is 8.68. The third-order valence-electron chi connectivity index (χ3n) is 4.20. The van der Waals surface area contributed by atoms with Crippen LogP contribution in [0, 0.1) is 19.7 Å². The molecular weight excluding hydrogens is 363 g/mol. The summed E-state index contributed by atoms with van der Waals surface area (Å²) in [6, 6.07) is 8.46.